The predicted octanol–water partition coefficient (Wildman–Crippen LogP) is 11.7. The Bertz CT molecular complexity index is 1050. The minimum Gasteiger partial charge on any atom is -0.462 e. The summed E-state index contributed by atoms with van der Waals surface area (Å²) in [7, 11) is -4.38. The number of carbonyl (C=O) groups is 2. The number of esters is 2. The molecule has 2 unspecified atom stereocenters. The molecule has 0 saturated carbocycles. The van der Waals surface area contributed by atoms with Crippen molar-refractivity contribution in [1.29, 1.82) is 0 Å². The van der Waals surface area contributed by atoms with E-state index in [0.717, 1.165) is 70.6 Å². The van der Waals surface area contributed by atoms with Crippen LogP contribution >= 0.6 is 7.82 Å². The maximum atomic E-state index is 12.6. The van der Waals surface area contributed by atoms with Gasteiger partial charge in [-0.05, 0) is 57.8 Å². The third-order valence-electron chi connectivity index (χ3n) is 8.42. The quantitative estimate of drug-likeness (QED) is 0.0272. The highest BCUT2D eigenvalue weighted by Gasteiger charge is 2.25. The summed E-state index contributed by atoms with van der Waals surface area (Å²) in [6.45, 7) is 3.57. The molecule has 0 heterocycles. The molecule has 0 aliphatic rings. The van der Waals surface area contributed by atoms with Gasteiger partial charge in [-0.1, -0.05) is 158 Å². The maximum Gasteiger partial charge on any atom is 0.472 e. The predicted molar refractivity (Wildman–Crippen MR) is 219 cm³/mol. The van der Waals surface area contributed by atoms with Gasteiger partial charge in [0.1, 0.15) is 6.61 Å². The zero-order chi connectivity index (χ0) is 38.9. The van der Waals surface area contributed by atoms with Crippen LogP contribution < -0.4 is 5.73 Å². The van der Waals surface area contributed by atoms with E-state index in [-0.39, 0.29) is 32.6 Å². The zero-order valence-electron chi connectivity index (χ0n) is 33.5. The lowest BCUT2D eigenvalue weighted by atomic mass is 10.0. The summed E-state index contributed by atoms with van der Waals surface area (Å²) in [5.74, 6) is -0.868. The third-order valence-corrected chi connectivity index (χ3v) is 9.40. The van der Waals surface area contributed by atoms with Gasteiger partial charge in [0.25, 0.3) is 0 Å². The number of carbonyl (C=O) groups excluding carboxylic acids is 2. The third kappa shape index (κ3) is 39.2. The molecule has 0 bridgehead atoms. The van der Waals surface area contributed by atoms with E-state index in [1.807, 2.05) is 0 Å². The van der Waals surface area contributed by atoms with Crippen molar-refractivity contribution in [3.63, 3.8) is 0 Å². The Morgan fingerprint density at radius 1 is 0.585 bits per heavy atom. The van der Waals surface area contributed by atoms with Crippen LogP contribution in [0.2, 0.25) is 0 Å². The summed E-state index contributed by atoms with van der Waals surface area (Å²) >= 11 is 0. The van der Waals surface area contributed by atoms with Crippen molar-refractivity contribution in [1.82, 2.24) is 0 Å². The molecule has 0 aromatic rings. The van der Waals surface area contributed by atoms with Crippen LogP contribution in [0.4, 0.5) is 0 Å². The van der Waals surface area contributed by atoms with Gasteiger partial charge in [0.05, 0.1) is 13.2 Å². The fourth-order valence-corrected chi connectivity index (χ4v) is 6.13. The lowest BCUT2D eigenvalue weighted by molar-refractivity contribution is -0.161. The molecule has 0 aromatic heterocycles. The minimum atomic E-state index is -4.38. The molecule has 0 aliphatic carbocycles. The Kier molecular flexibility index (Phi) is 37.7. The van der Waals surface area contributed by atoms with Crippen LogP contribution in [-0.2, 0) is 32.7 Å². The zero-order valence-corrected chi connectivity index (χ0v) is 34.4. The van der Waals surface area contributed by atoms with Crippen LogP contribution in [0.1, 0.15) is 168 Å². The molecule has 306 valence electrons. The molecular formula is C43H76NO8P. The van der Waals surface area contributed by atoms with Crippen LogP contribution in [0.5, 0.6) is 0 Å². The fourth-order valence-electron chi connectivity index (χ4n) is 5.37. The van der Waals surface area contributed by atoms with Crippen LogP contribution in [-0.4, -0.2) is 49.3 Å². The lowest BCUT2D eigenvalue weighted by Crippen LogP contribution is -2.29. The van der Waals surface area contributed by atoms with Gasteiger partial charge in [-0.2, -0.15) is 0 Å². The molecule has 0 saturated heterocycles. The molecule has 0 aliphatic heterocycles. The first-order valence-electron chi connectivity index (χ1n) is 20.8. The van der Waals surface area contributed by atoms with Gasteiger partial charge in [-0.3, -0.25) is 18.6 Å². The van der Waals surface area contributed by atoms with Gasteiger partial charge in [0.15, 0.2) is 6.10 Å². The summed E-state index contributed by atoms with van der Waals surface area (Å²) in [5.41, 5.74) is 5.34. The van der Waals surface area contributed by atoms with Crippen molar-refractivity contribution < 1.29 is 37.6 Å². The van der Waals surface area contributed by atoms with Crippen LogP contribution in [0.3, 0.4) is 0 Å². The summed E-state index contributed by atoms with van der Waals surface area (Å²) in [6, 6.07) is 0. The van der Waals surface area contributed by atoms with E-state index < -0.39 is 32.5 Å². The maximum absolute atomic E-state index is 12.6. The Labute approximate surface area is 323 Å². The number of rotatable bonds is 38. The van der Waals surface area contributed by atoms with E-state index in [2.05, 4.69) is 74.6 Å². The molecule has 0 radical (unpaired) electrons. The van der Waals surface area contributed by atoms with E-state index in [0.29, 0.717) is 6.42 Å². The molecule has 10 heteroatoms. The standard InChI is InChI=1S/C43H76NO8P/c1-3-5-7-9-11-13-15-17-18-19-20-21-22-24-26-28-30-32-34-36-43(46)52-41(40-51-53(47,48)50-38-37-44)39-49-42(45)35-33-31-29-27-25-23-16-14-12-10-8-6-4-2/h5,7,11,13,17-18,20-21,24,26,41H,3-4,6,8-10,12,14-16,19,22-23,25,27-40,44H2,1-2H3,(H,47,48). The van der Waals surface area contributed by atoms with Gasteiger partial charge in [-0.25, -0.2) is 4.57 Å². The van der Waals surface area contributed by atoms with E-state index in [4.69, 9.17) is 24.3 Å². The average molecular weight is 766 g/mol. The molecule has 0 amide bonds. The van der Waals surface area contributed by atoms with Crippen molar-refractivity contribution in [2.75, 3.05) is 26.4 Å². The van der Waals surface area contributed by atoms with Gasteiger partial charge in [-0.15, -0.1) is 0 Å². The average Bonchev–Trinajstić information content (AvgIpc) is 3.14. The molecule has 3 N–H and O–H groups in total. The lowest BCUT2D eigenvalue weighted by Gasteiger charge is -2.19. The second-order valence-corrected chi connectivity index (χ2v) is 14.9. The summed E-state index contributed by atoms with van der Waals surface area (Å²) in [4.78, 5) is 34.8. The number of ether oxygens (including phenoxy) is 2. The van der Waals surface area contributed by atoms with E-state index in [9.17, 15) is 19.0 Å². The highest BCUT2D eigenvalue weighted by molar-refractivity contribution is 7.47. The first kappa shape index (κ1) is 50.7. The van der Waals surface area contributed by atoms with Gasteiger partial charge >= 0.3 is 19.8 Å². The van der Waals surface area contributed by atoms with Crippen molar-refractivity contribution in [3.05, 3.63) is 60.8 Å². The minimum absolute atomic E-state index is 0.0458. The number of unbranched alkanes of at least 4 members (excludes halogenated alkanes) is 15. The normalized spacial score (nSPS) is 14.0. The van der Waals surface area contributed by atoms with Crippen molar-refractivity contribution in [2.24, 2.45) is 5.73 Å². The van der Waals surface area contributed by atoms with Crippen molar-refractivity contribution >= 4 is 19.8 Å². The number of allylic oxidation sites excluding steroid dienone is 10. The molecule has 0 aromatic carbocycles. The number of phosphoric ester groups is 1. The summed E-state index contributed by atoms with van der Waals surface area (Å²) in [6.07, 6.45) is 45.3. The van der Waals surface area contributed by atoms with Crippen LogP contribution in [0, 0.1) is 0 Å². The van der Waals surface area contributed by atoms with E-state index in [1.165, 1.54) is 64.2 Å². The molecule has 53 heavy (non-hydrogen) atoms. The Balaban J connectivity index is 4.25. The molecule has 2 atom stereocenters. The van der Waals surface area contributed by atoms with Crippen LogP contribution in [0.25, 0.3) is 0 Å². The van der Waals surface area contributed by atoms with Crippen LogP contribution in [0.15, 0.2) is 60.8 Å². The highest BCUT2D eigenvalue weighted by atomic mass is 31.2. The van der Waals surface area contributed by atoms with Gasteiger partial charge in [0.2, 0.25) is 0 Å². The van der Waals surface area contributed by atoms with Gasteiger partial charge < -0.3 is 20.1 Å². The number of hydrogen-bond acceptors (Lipinski definition) is 8. The Morgan fingerprint density at radius 2 is 1.04 bits per heavy atom. The first-order chi connectivity index (χ1) is 25.8. The van der Waals surface area contributed by atoms with Crippen molar-refractivity contribution in [3.8, 4) is 0 Å². The largest absolute Gasteiger partial charge is 0.472 e. The smallest absolute Gasteiger partial charge is 0.462 e. The molecule has 0 rings (SSSR count). The Hall–Kier alpha value is -2.29. The summed E-state index contributed by atoms with van der Waals surface area (Å²) < 4.78 is 32.7. The Morgan fingerprint density at radius 3 is 1.55 bits per heavy atom. The van der Waals surface area contributed by atoms with E-state index >= 15 is 0 Å². The second kappa shape index (κ2) is 39.4. The molecular weight excluding hydrogens is 689 g/mol. The summed E-state index contributed by atoms with van der Waals surface area (Å²) in [5, 5.41) is 0. The second-order valence-electron chi connectivity index (χ2n) is 13.5. The highest BCUT2D eigenvalue weighted by Crippen LogP contribution is 2.43. The monoisotopic (exact) mass is 766 g/mol. The van der Waals surface area contributed by atoms with E-state index in [1.54, 1.807) is 0 Å². The fraction of sp³-hybridized carbons (Fsp3) is 0.721. The first-order valence-corrected chi connectivity index (χ1v) is 22.3. The number of nitrogens with two attached hydrogens (primary N) is 1. The number of hydrogen-bond donors (Lipinski definition) is 2. The topological polar surface area (TPSA) is 134 Å². The van der Waals surface area contributed by atoms with Crippen molar-refractivity contribution in [2.45, 2.75) is 174 Å². The van der Waals surface area contributed by atoms with Gasteiger partial charge in [0, 0.05) is 19.4 Å². The molecule has 0 fully saturated rings. The molecule has 9 nitrogen and oxygen atoms in total. The molecule has 0 spiro atoms. The number of phosphoric acid groups is 1. The SMILES string of the molecule is CCC=CCC=CCC=CCC=CCC=CCCCCCC(=O)OC(COC(=O)CCCCCCCCCCCCCCC)COP(=O)(O)OCCN.